The maximum atomic E-state index is 12.4. The average molecular weight is 413 g/mol. The van der Waals surface area contributed by atoms with Crippen molar-refractivity contribution in [3.8, 4) is 28.5 Å². The summed E-state index contributed by atoms with van der Waals surface area (Å²) in [6.45, 7) is 0.154. The van der Waals surface area contributed by atoms with Crippen molar-refractivity contribution in [1.82, 2.24) is 10.3 Å². The minimum Gasteiger partial charge on any atom is -0.497 e. The zero-order valence-corrected chi connectivity index (χ0v) is 16.4. The van der Waals surface area contributed by atoms with E-state index in [4.69, 9.17) is 26.4 Å². The van der Waals surface area contributed by atoms with Crippen LogP contribution in [0.3, 0.4) is 0 Å². The Balaban J connectivity index is 1.38. The number of carbonyl (C=O) groups is 1. The molecule has 7 nitrogen and oxygen atoms in total. The van der Waals surface area contributed by atoms with E-state index in [-0.39, 0.29) is 17.8 Å². The van der Waals surface area contributed by atoms with Gasteiger partial charge in [-0.3, -0.25) is 10.1 Å². The molecule has 2 aromatic carbocycles. The number of thiocarbonyl (C=S) groups is 1. The molecule has 0 fully saturated rings. The van der Waals surface area contributed by atoms with Gasteiger partial charge in [-0.05, 0) is 54.7 Å². The Morgan fingerprint density at radius 3 is 2.75 bits per heavy atom. The van der Waals surface area contributed by atoms with Crippen molar-refractivity contribution >= 4 is 39.7 Å². The van der Waals surface area contributed by atoms with Gasteiger partial charge in [-0.2, -0.15) is 0 Å². The third-order valence-electron chi connectivity index (χ3n) is 3.97. The predicted octanol–water partition coefficient (Wildman–Crippen LogP) is 3.67. The van der Waals surface area contributed by atoms with Gasteiger partial charge in [-0.25, -0.2) is 4.98 Å². The molecule has 2 N–H and O–H groups in total. The van der Waals surface area contributed by atoms with Crippen LogP contribution in [0.2, 0.25) is 0 Å². The minimum absolute atomic E-state index is 0.154. The summed E-state index contributed by atoms with van der Waals surface area (Å²) in [6.07, 6.45) is 0. The van der Waals surface area contributed by atoms with Crippen LogP contribution >= 0.6 is 23.6 Å². The fourth-order valence-electron chi connectivity index (χ4n) is 2.57. The van der Waals surface area contributed by atoms with Crippen LogP contribution in [0.4, 0.5) is 5.13 Å². The first-order valence-electron chi connectivity index (χ1n) is 8.24. The lowest BCUT2D eigenvalue weighted by atomic mass is 10.2. The van der Waals surface area contributed by atoms with E-state index < -0.39 is 0 Å². The van der Waals surface area contributed by atoms with Crippen molar-refractivity contribution in [3.05, 3.63) is 53.4 Å². The van der Waals surface area contributed by atoms with E-state index in [1.54, 1.807) is 25.3 Å². The van der Waals surface area contributed by atoms with Gasteiger partial charge < -0.3 is 19.5 Å². The Bertz CT molecular complexity index is 1030. The molecule has 0 aliphatic carbocycles. The summed E-state index contributed by atoms with van der Waals surface area (Å²) >= 11 is 6.61. The van der Waals surface area contributed by atoms with Crippen molar-refractivity contribution < 1.29 is 19.0 Å². The molecule has 2 heterocycles. The lowest BCUT2D eigenvalue weighted by molar-refractivity contribution is 0.0977. The van der Waals surface area contributed by atoms with E-state index >= 15 is 0 Å². The quantitative estimate of drug-likeness (QED) is 0.632. The standard InChI is InChI=1S/C19H15N3O4S2/c1-24-13-5-2-11(3-6-13)14-9-28-19(20-14)22-18(27)21-17(23)12-4-7-15-16(8-12)26-10-25-15/h2-9H,10H2,1H3,(H2,20,21,22,23,27). The number of anilines is 1. The number of nitrogens with zero attached hydrogens (tertiary/aromatic N) is 1. The number of ether oxygens (including phenoxy) is 3. The molecule has 1 aromatic heterocycles. The van der Waals surface area contributed by atoms with E-state index in [1.165, 1.54) is 11.3 Å². The highest BCUT2D eigenvalue weighted by Gasteiger charge is 2.17. The molecule has 1 aliphatic heterocycles. The highest BCUT2D eigenvalue weighted by Crippen LogP contribution is 2.32. The first kappa shape index (κ1) is 18.2. The predicted molar refractivity (Wildman–Crippen MR) is 110 cm³/mol. The van der Waals surface area contributed by atoms with Gasteiger partial charge in [0.1, 0.15) is 5.75 Å². The largest absolute Gasteiger partial charge is 0.497 e. The molecule has 0 saturated heterocycles. The Morgan fingerprint density at radius 2 is 1.96 bits per heavy atom. The zero-order chi connectivity index (χ0) is 19.5. The molecular formula is C19H15N3O4S2. The fraction of sp³-hybridized carbons (Fsp3) is 0.105. The Labute approximate surface area is 170 Å². The molecule has 9 heteroatoms. The number of thiazole rings is 1. The fourth-order valence-corrected chi connectivity index (χ4v) is 3.55. The van der Waals surface area contributed by atoms with Crippen molar-refractivity contribution in [2.24, 2.45) is 0 Å². The molecule has 0 bridgehead atoms. The third kappa shape index (κ3) is 3.90. The van der Waals surface area contributed by atoms with Crippen LogP contribution in [0, 0.1) is 0 Å². The number of rotatable bonds is 4. The van der Waals surface area contributed by atoms with Gasteiger partial charge in [0.05, 0.1) is 12.8 Å². The summed E-state index contributed by atoms with van der Waals surface area (Å²) in [7, 11) is 1.62. The maximum Gasteiger partial charge on any atom is 0.257 e. The topological polar surface area (TPSA) is 81.7 Å². The highest BCUT2D eigenvalue weighted by atomic mass is 32.1. The van der Waals surface area contributed by atoms with E-state index in [1.807, 2.05) is 29.6 Å². The smallest absolute Gasteiger partial charge is 0.257 e. The first-order chi connectivity index (χ1) is 13.6. The number of nitrogens with one attached hydrogen (secondary N) is 2. The van der Waals surface area contributed by atoms with Crippen molar-refractivity contribution in [3.63, 3.8) is 0 Å². The minimum atomic E-state index is -0.345. The summed E-state index contributed by atoms with van der Waals surface area (Å²) in [4.78, 5) is 16.9. The molecule has 0 radical (unpaired) electrons. The van der Waals surface area contributed by atoms with Crippen LogP contribution in [-0.2, 0) is 0 Å². The number of benzene rings is 2. The molecule has 0 spiro atoms. The van der Waals surface area contributed by atoms with Gasteiger partial charge in [0.15, 0.2) is 21.7 Å². The SMILES string of the molecule is COc1ccc(-c2csc(NC(=S)NC(=O)c3ccc4c(c3)OCO4)n2)cc1. The summed E-state index contributed by atoms with van der Waals surface area (Å²) in [5, 5.41) is 8.23. The lowest BCUT2D eigenvalue weighted by Crippen LogP contribution is -2.34. The summed E-state index contributed by atoms with van der Waals surface area (Å²) in [6, 6.07) is 12.6. The monoisotopic (exact) mass is 413 g/mol. The normalized spacial score (nSPS) is 11.8. The first-order valence-corrected chi connectivity index (χ1v) is 9.53. The zero-order valence-electron chi connectivity index (χ0n) is 14.7. The van der Waals surface area contributed by atoms with Crippen molar-refractivity contribution in [2.75, 3.05) is 19.2 Å². The van der Waals surface area contributed by atoms with Gasteiger partial charge in [-0.1, -0.05) is 0 Å². The summed E-state index contributed by atoms with van der Waals surface area (Å²) in [5.74, 6) is 1.59. The summed E-state index contributed by atoms with van der Waals surface area (Å²) in [5.41, 5.74) is 2.19. The lowest BCUT2D eigenvalue weighted by Gasteiger charge is -2.07. The molecule has 1 aliphatic rings. The number of hydrogen-bond acceptors (Lipinski definition) is 7. The summed E-state index contributed by atoms with van der Waals surface area (Å²) < 4.78 is 15.7. The second kappa shape index (κ2) is 7.83. The van der Waals surface area contributed by atoms with Gasteiger partial charge in [0, 0.05) is 16.5 Å². The number of aromatic nitrogens is 1. The van der Waals surface area contributed by atoms with E-state index in [0.29, 0.717) is 22.2 Å². The maximum absolute atomic E-state index is 12.4. The second-order valence-corrected chi connectivity index (χ2v) is 7.01. The molecular weight excluding hydrogens is 398 g/mol. The number of fused-ring (bicyclic) bond motifs is 1. The van der Waals surface area contributed by atoms with E-state index in [2.05, 4.69) is 15.6 Å². The van der Waals surface area contributed by atoms with Crippen molar-refractivity contribution in [2.45, 2.75) is 0 Å². The van der Waals surface area contributed by atoms with E-state index in [0.717, 1.165) is 17.0 Å². The third-order valence-corrected chi connectivity index (χ3v) is 4.93. The Hall–Kier alpha value is -3.17. The average Bonchev–Trinajstić information content (AvgIpc) is 3.36. The van der Waals surface area contributed by atoms with Gasteiger partial charge in [0.2, 0.25) is 6.79 Å². The van der Waals surface area contributed by atoms with Crippen LogP contribution in [-0.4, -0.2) is 29.9 Å². The van der Waals surface area contributed by atoms with Crippen LogP contribution < -0.4 is 24.8 Å². The number of hydrogen-bond donors (Lipinski definition) is 2. The van der Waals surface area contributed by atoms with Gasteiger partial charge in [0.25, 0.3) is 5.91 Å². The van der Waals surface area contributed by atoms with Crippen molar-refractivity contribution in [1.29, 1.82) is 0 Å². The molecule has 4 rings (SSSR count). The second-order valence-electron chi connectivity index (χ2n) is 5.74. The van der Waals surface area contributed by atoms with Gasteiger partial charge >= 0.3 is 0 Å². The molecule has 0 saturated carbocycles. The van der Waals surface area contributed by atoms with E-state index in [9.17, 15) is 4.79 Å². The highest BCUT2D eigenvalue weighted by molar-refractivity contribution is 7.80. The van der Waals surface area contributed by atoms with Crippen LogP contribution in [0.15, 0.2) is 47.8 Å². The Morgan fingerprint density at radius 1 is 1.18 bits per heavy atom. The van der Waals surface area contributed by atoms with Crippen LogP contribution in [0.25, 0.3) is 11.3 Å². The van der Waals surface area contributed by atoms with Crippen LogP contribution in [0.5, 0.6) is 17.2 Å². The molecule has 0 atom stereocenters. The molecule has 1 amide bonds. The molecule has 3 aromatic rings. The molecule has 142 valence electrons. The molecule has 28 heavy (non-hydrogen) atoms. The Kier molecular flexibility index (Phi) is 5.09. The number of carbonyl (C=O) groups excluding carboxylic acids is 1. The van der Waals surface area contributed by atoms with Gasteiger partial charge in [-0.15, -0.1) is 11.3 Å². The molecule has 0 unspecified atom stereocenters. The number of amides is 1. The number of methoxy groups -OCH3 is 1. The van der Waals surface area contributed by atoms with Crippen LogP contribution in [0.1, 0.15) is 10.4 Å².